The van der Waals surface area contributed by atoms with Crippen molar-refractivity contribution in [2.75, 3.05) is 0 Å². The van der Waals surface area contributed by atoms with Gasteiger partial charge in [-0.15, -0.1) is 0 Å². The Hall–Kier alpha value is -1.24. The van der Waals surface area contributed by atoms with Crippen LogP contribution in [0.5, 0.6) is 0 Å². The second-order valence-electron chi connectivity index (χ2n) is 8.88. The Balaban J connectivity index is 2.38. The van der Waals surface area contributed by atoms with Gasteiger partial charge in [0.05, 0.1) is 0 Å². The SMILES string of the molecule is CCC[CH2][Sn]([CH2]CCC)([CH2]CCC)[CH](OC(C)C#Cc1ccccc1)c1ccccc1. The summed E-state index contributed by atoms with van der Waals surface area (Å²) in [5.41, 5.74) is 2.46. The molecular weight excluding hydrogens is 483 g/mol. The summed E-state index contributed by atoms with van der Waals surface area (Å²) in [5.74, 6) is 6.73. The Labute approximate surface area is 195 Å². The van der Waals surface area contributed by atoms with Crippen LogP contribution in [-0.4, -0.2) is 24.5 Å². The van der Waals surface area contributed by atoms with Gasteiger partial charge in [0.2, 0.25) is 0 Å². The number of hydrogen-bond acceptors (Lipinski definition) is 1. The molecule has 2 rings (SSSR count). The fourth-order valence-electron chi connectivity index (χ4n) is 4.50. The zero-order chi connectivity index (χ0) is 22.4. The molecule has 0 aliphatic heterocycles. The third-order valence-corrected chi connectivity index (χ3v) is 22.3. The van der Waals surface area contributed by atoms with Crippen molar-refractivity contribution in [1.29, 1.82) is 0 Å². The molecule has 0 fully saturated rings. The first-order valence-corrected chi connectivity index (χ1v) is 20.1. The van der Waals surface area contributed by atoms with Gasteiger partial charge in [0.15, 0.2) is 0 Å². The van der Waals surface area contributed by atoms with Gasteiger partial charge in [0, 0.05) is 0 Å². The third kappa shape index (κ3) is 8.66. The second kappa shape index (κ2) is 14.8. The standard InChI is InChI=1S/C17H15O.3C4H9.Sn/c1-15(12-13-16-8-4-2-5-9-16)18-14-17-10-6-3-7-11-17;3*1-3-4-2;/h2-11,14-15H,1H3;3*1,3-4H2,2H3;. The molecule has 0 saturated heterocycles. The molecular formula is C29H42OSn. The predicted molar refractivity (Wildman–Crippen MR) is 138 cm³/mol. The molecule has 0 saturated carbocycles. The van der Waals surface area contributed by atoms with E-state index in [1.165, 1.54) is 57.4 Å². The average molecular weight is 525 g/mol. The molecule has 2 atom stereocenters. The van der Waals surface area contributed by atoms with Crippen LogP contribution in [0.3, 0.4) is 0 Å². The zero-order valence-electron chi connectivity index (χ0n) is 20.2. The summed E-state index contributed by atoms with van der Waals surface area (Å²) in [4.78, 5) is 0. The van der Waals surface area contributed by atoms with Gasteiger partial charge < -0.3 is 0 Å². The summed E-state index contributed by atoms with van der Waals surface area (Å²) in [5, 5.41) is 0. The number of ether oxygens (including phenoxy) is 1. The Kier molecular flexibility index (Phi) is 12.4. The van der Waals surface area contributed by atoms with Crippen LogP contribution in [0.25, 0.3) is 0 Å². The number of rotatable bonds is 13. The van der Waals surface area contributed by atoms with Crippen molar-refractivity contribution in [3.63, 3.8) is 0 Å². The van der Waals surface area contributed by atoms with E-state index in [1.54, 1.807) is 0 Å². The van der Waals surface area contributed by atoms with Gasteiger partial charge in [-0.05, 0) is 0 Å². The van der Waals surface area contributed by atoms with E-state index >= 15 is 0 Å². The first-order chi connectivity index (χ1) is 15.1. The van der Waals surface area contributed by atoms with Crippen LogP contribution in [0.4, 0.5) is 0 Å². The molecule has 0 N–H and O–H groups in total. The van der Waals surface area contributed by atoms with E-state index in [1.807, 2.05) is 18.2 Å². The van der Waals surface area contributed by atoms with Gasteiger partial charge in [-0.25, -0.2) is 0 Å². The number of hydrogen-bond donors (Lipinski definition) is 0. The molecule has 0 aliphatic carbocycles. The van der Waals surface area contributed by atoms with Gasteiger partial charge >= 0.3 is 196 Å². The van der Waals surface area contributed by atoms with Gasteiger partial charge in [-0.3, -0.25) is 0 Å². The van der Waals surface area contributed by atoms with E-state index in [0.717, 1.165) is 5.56 Å². The summed E-state index contributed by atoms with van der Waals surface area (Å²) in [7, 11) is 0. The summed E-state index contributed by atoms with van der Waals surface area (Å²) in [6.45, 7) is 9.15. The van der Waals surface area contributed by atoms with E-state index < -0.39 is 18.4 Å². The van der Waals surface area contributed by atoms with Crippen LogP contribution < -0.4 is 0 Å². The average Bonchev–Trinajstić information content (AvgIpc) is 2.82. The topological polar surface area (TPSA) is 9.23 Å². The van der Waals surface area contributed by atoms with Crippen LogP contribution in [0, 0.1) is 11.8 Å². The monoisotopic (exact) mass is 526 g/mol. The first kappa shape index (κ1) is 26.0. The summed E-state index contributed by atoms with van der Waals surface area (Å²) in [6, 6.07) is 21.4. The van der Waals surface area contributed by atoms with Crippen molar-refractivity contribution in [2.24, 2.45) is 0 Å². The predicted octanol–water partition coefficient (Wildman–Crippen LogP) is 8.57. The Morgan fingerprint density at radius 3 is 1.71 bits per heavy atom. The fourth-order valence-corrected chi connectivity index (χ4v) is 21.9. The van der Waals surface area contributed by atoms with Crippen molar-refractivity contribution >= 4 is 18.4 Å². The summed E-state index contributed by atoms with van der Waals surface area (Å²) < 4.78 is 11.5. The molecule has 0 radical (unpaired) electrons. The molecule has 2 aromatic rings. The van der Waals surface area contributed by atoms with E-state index in [-0.39, 0.29) is 6.10 Å². The maximum atomic E-state index is 6.93. The molecule has 31 heavy (non-hydrogen) atoms. The normalized spacial score (nSPS) is 13.3. The van der Waals surface area contributed by atoms with Crippen molar-refractivity contribution in [3.8, 4) is 11.8 Å². The quantitative estimate of drug-likeness (QED) is 0.188. The second-order valence-corrected chi connectivity index (χ2v) is 22.4. The summed E-state index contributed by atoms with van der Waals surface area (Å²) >= 11 is -2.64. The number of benzene rings is 2. The van der Waals surface area contributed by atoms with Crippen LogP contribution in [0.2, 0.25) is 13.3 Å². The summed E-state index contributed by atoms with van der Waals surface area (Å²) in [6.07, 6.45) is 7.82. The molecule has 0 bridgehead atoms. The molecule has 0 heterocycles. The van der Waals surface area contributed by atoms with Crippen LogP contribution >= 0.6 is 0 Å². The minimum atomic E-state index is -2.64. The Morgan fingerprint density at radius 1 is 0.742 bits per heavy atom. The molecule has 0 spiro atoms. The third-order valence-electron chi connectivity index (χ3n) is 6.28. The van der Waals surface area contributed by atoms with Gasteiger partial charge in [-0.1, -0.05) is 0 Å². The van der Waals surface area contributed by atoms with E-state index in [9.17, 15) is 0 Å². The van der Waals surface area contributed by atoms with Crippen molar-refractivity contribution < 1.29 is 4.74 Å². The zero-order valence-corrected chi connectivity index (χ0v) is 23.1. The van der Waals surface area contributed by atoms with Crippen LogP contribution in [0.1, 0.15) is 81.5 Å². The van der Waals surface area contributed by atoms with E-state index in [0.29, 0.717) is 4.12 Å². The Bertz CT molecular complexity index is 753. The molecule has 2 aromatic carbocycles. The van der Waals surface area contributed by atoms with Crippen molar-refractivity contribution in [2.45, 2.75) is 89.8 Å². The minimum absolute atomic E-state index is 0.0635. The van der Waals surface area contributed by atoms with Crippen molar-refractivity contribution in [3.05, 3.63) is 71.8 Å². The van der Waals surface area contributed by atoms with Crippen LogP contribution in [0.15, 0.2) is 60.7 Å². The molecule has 2 heteroatoms. The maximum absolute atomic E-state index is 6.93. The molecule has 0 aromatic heterocycles. The molecule has 2 unspecified atom stereocenters. The van der Waals surface area contributed by atoms with Gasteiger partial charge in [0.1, 0.15) is 0 Å². The molecule has 168 valence electrons. The number of unbranched alkanes of at least 4 members (excludes halogenated alkanes) is 3. The van der Waals surface area contributed by atoms with E-state index in [4.69, 9.17) is 4.74 Å². The fraction of sp³-hybridized carbons (Fsp3) is 0.517. The van der Waals surface area contributed by atoms with Gasteiger partial charge in [0.25, 0.3) is 0 Å². The van der Waals surface area contributed by atoms with Gasteiger partial charge in [-0.2, -0.15) is 0 Å². The molecule has 0 aliphatic rings. The first-order valence-electron chi connectivity index (χ1n) is 12.4. The van der Waals surface area contributed by atoms with Crippen molar-refractivity contribution in [1.82, 2.24) is 0 Å². The Morgan fingerprint density at radius 2 is 1.23 bits per heavy atom. The van der Waals surface area contributed by atoms with Crippen LogP contribution in [-0.2, 0) is 4.74 Å². The van der Waals surface area contributed by atoms with E-state index in [2.05, 4.69) is 82.0 Å². The molecule has 0 amide bonds. The molecule has 1 nitrogen and oxygen atoms in total.